The van der Waals surface area contributed by atoms with Crippen LogP contribution in [0.5, 0.6) is 0 Å². The Morgan fingerprint density at radius 1 is 0.591 bits per heavy atom. The van der Waals surface area contributed by atoms with E-state index in [1.807, 2.05) is 39.8 Å². The van der Waals surface area contributed by atoms with Crippen molar-refractivity contribution in [3.05, 3.63) is 60.7 Å². The molecule has 0 aromatic heterocycles. The highest BCUT2D eigenvalue weighted by Gasteiger charge is 2.00. The Kier molecular flexibility index (Phi) is 16.4. The van der Waals surface area contributed by atoms with E-state index in [0.29, 0.717) is 0 Å². The van der Waals surface area contributed by atoms with E-state index in [4.69, 9.17) is 0 Å². The molecular weight excluding hydrogens is 282 g/mol. The van der Waals surface area contributed by atoms with Crippen molar-refractivity contribution in [3.63, 3.8) is 0 Å². The van der Waals surface area contributed by atoms with Crippen molar-refractivity contribution in [2.75, 3.05) is 11.9 Å². The molecule has 0 spiro atoms. The molecule has 0 aliphatic carbocycles. The summed E-state index contributed by atoms with van der Waals surface area (Å²) in [6.07, 6.45) is 0. The first-order chi connectivity index (χ1) is 10.6. The van der Waals surface area contributed by atoms with Gasteiger partial charge in [0, 0.05) is 27.2 Å². The second kappa shape index (κ2) is 15.8. The van der Waals surface area contributed by atoms with Crippen LogP contribution in [0, 0.1) is 0 Å². The summed E-state index contributed by atoms with van der Waals surface area (Å²) in [6, 6.07) is 20.7. The molecule has 0 unspecified atom stereocenters. The van der Waals surface area contributed by atoms with Gasteiger partial charge in [-0.1, -0.05) is 83.7 Å². The van der Waals surface area contributed by atoms with Crippen LogP contribution in [0.3, 0.4) is 0 Å². The lowest BCUT2D eigenvalue weighted by atomic mass is 10.2. The minimum atomic E-state index is -0.139. The summed E-state index contributed by atoms with van der Waals surface area (Å²) in [5, 5.41) is 0. The molecule has 0 saturated carbocycles. The van der Waals surface area contributed by atoms with Crippen LogP contribution in [0.1, 0.15) is 27.7 Å². The fourth-order valence-corrected chi connectivity index (χ4v) is 1.45. The third-order valence-corrected chi connectivity index (χ3v) is 2.29. The monoisotopic (exact) mass is 317 g/mol. The maximum absolute atomic E-state index is 2.31. The Labute approximate surface area is 140 Å². The van der Waals surface area contributed by atoms with E-state index in [1.165, 1.54) is 11.4 Å². The lowest BCUT2D eigenvalue weighted by Crippen LogP contribution is -2.08. The van der Waals surface area contributed by atoms with Gasteiger partial charge in [-0.2, -0.15) is 0 Å². The summed E-state index contributed by atoms with van der Waals surface area (Å²) in [7, 11) is 1.94. The summed E-state index contributed by atoms with van der Waals surface area (Å²) < 4.78 is 0. The van der Waals surface area contributed by atoms with Crippen molar-refractivity contribution in [2.45, 2.75) is 47.3 Å². The second-order valence-electron chi connectivity index (χ2n) is 4.96. The largest absolute Gasteiger partial charge is 0.345 e. The minimum absolute atomic E-state index is 0.139. The molecule has 2 aromatic carbocycles. The summed E-state index contributed by atoms with van der Waals surface area (Å²) in [6.45, 7) is 14.9. The van der Waals surface area contributed by atoms with E-state index in [9.17, 15) is 0 Å². The third-order valence-electron chi connectivity index (χ3n) is 2.29. The molecule has 22 heavy (non-hydrogen) atoms. The Morgan fingerprint density at radius 2 is 0.818 bits per heavy atom. The minimum Gasteiger partial charge on any atom is -0.345 e. The van der Waals surface area contributed by atoms with Gasteiger partial charge >= 0.3 is 0 Å². The molecule has 0 atom stereocenters. The molecule has 0 radical (unpaired) electrons. The Morgan fingerprint density at radius 3 is 1.05 bits per heavy atom. The molecule has 0 saturated heterocycles. The SMILES string of the molecule is CC.CC.CN(c1ccccc1)c1ccccc1.C[SiH](C)C. The predicted octanol–water partition coefficient (Wildman–Crippen LogP) is 6.61. The average molecular weight is 318 g/mol. The summed E-state index contributed by atoms with van der Waals surface area (Å²) >= 11 is 0. The fraction of sp³-hybridized carbons (Fsp3) is 0.400. The smallest absolute Gasteiger partial charge is 0.0408 e. The van der Waals surface area contributed by atoms with Crippen LogP contribution in [0.2, 0.25) is 19.6 Å². The van der Waals surface area contributed by atoms with E-state index < -0.39 is 0 Å². The van der Waals surface area contributed by atoms with Crippen LogP contribution in [0.25, 0.3) is 0 Å². The van der Waals surface area contributed by atoms with Crippen LogP contribution in [-0.2, 0) is 0 Å². The Balaban J connectivity index is 0. The van der Waals surface area contributed by atoms with Gasteiger partial charge in [0.25, 0.3) is 0 Å². The molecule has 0 heterocycles. The highest BCUT2D eigenvalue weighted by Crippen LogP contribution is 2.21. The van der Waals surface area contributed by atoms with Gasteiger partial charge in [0.05, 0.1) is 0 Å². The van der Waals surface area contributed by atoms with Gasteiger partial charge in [-0.05, 0) is 24.3 Å². The lowest BCUT2D eigenvalue weighted by molar-refractivity contribution is 1.21. The van der Waals surface area contributed by atoms with Crippen LogP contribution in [-0.4, -0.2) is 15.8 Å². The molecule has 124 valence electrons. The van der Waals surface area contributed by atoms with E-state index >= 15 is 0 Å². The van der Waals surface area contributed by atoms with Crippen molar-refractivity contribution in [1.82, 2.24) is 0 Å². The highest BCUT2D eigenvalue weighted by atomic mass is 28.3. The molecule has 0 aliphatic heterocycles. The van der Waals surface area contributed by atoms with Crippen molar-refractivity contribution in [3.8, 4) is 0 Å². The molecule has 0 amide bonds. The van der Waals surface area contributed by atoms with E-state index in [-0.39, 0.29) is 8.80 Å². The molecule has 0 bridgehead atoms. The van der Waals surface area contributed by atoms with E-state index in [0.717, 1.165) is 0 Å². The normalized spacial score (nSPS) is 8.41. The molecule has 0 N–H and O–H groups in total. The van der Waals surface area contributed by atoms with Crippen molar-refractivity contribution in [2.24, 2.45) is 0 Å². The van der Waals surface area contributed by atoms with Crippen molar-refractivity contribution in [1.29, 1.82) is 0 Å². The average Bonchev–Trinajstić information content (AvgIpc) is 2.59. The molecule has 0 fully saturated rings. The number of benzene rings is 2. The molecular formula is C20H35NSi. The van der Waals surface area contributed by atoms with Gasteiger partial charge in [0.2, 0.25) is 0 Å². The van der Waals surface area contributed by atoms with Gasteiger partial charge in [-0.3, -0.25) is 0 Å². The Bertz CT molecular complexity index is 384. The van der Waals surface area contributed by atoms with Gasteiger partial charge in [0.1, 0.15) is 0 Å². The zero-order valence-electron chi connectivity index (χ0n) is 15.8. The zero-order valence-corrected chi connectivity index (χ0v) is 17.0. The van der Waals surface area contributed by atoms with Gasteiger partial charge in [-0.15, -0.1) is 0 Å². The maximum atomic E-state index is 2.31. The predicted molar refractivity (Wildman–Crippen MR) is 108 cm³/mol. The van der Waals surface area contributed by atoms with Gasteiger partial charge in [0.15, 0.2) is 0 Å². The number of para-hydroxylation sites is 2. The zero-order chi connectivity index (χ0) is 17.4. The molecule has 2 aromatic rings. The first kappa shape index (κ1) is 22.7. The number of rotatable bonds is 2. The second-order valence-corrected chi connectivity index (χ2v) is 8.43. The van der Waals surface area contributed by atoms with E-state index in [2.05, 4.69) is 80.1 Å². The van der Waals surface area contributed by atoms with Crippen LogP contribution >= 0.6 is 0 Å². The molecule has 2 rings (SSSR count). The fourth-order valence-electron chi connectivity index (χ4n) is 1.45. The third kappa shape index (κ3) is 11.2. The van der Waals surface area contributed by atoms with Crippen molar-refractivity contribution < 1.29 is 0 Å². The summed E-state index contributed by atoms with van der Waals surface area (Å²) in [5.74, 6) is 0. The molecule has 1 nitrogen and oxygen atoms in total. The lowest BCUT2D eigenvalue weighted by Gasteiger charge is -2.18. The van der Waals surface area contributed by atoms with Gasteiger partial charge < -0.3 is 4.90 Å². The van der Waals surface area contributed by atoms with Crippen molar-refractivity contribution >= 4 is 20.2 Å². The topological polar surface area (TPSA) is 3.24 Å². The summed E-state index contributed by atoms with van der Waals surface area (Å²) in [4.78, 5) is 2.17. The number of nitrogens with zero attached hydrogens (tertiary/aromatic N) is 1. The number of anilines is 2. The molecule has 2 heteroatoms. The van der Waals surface area contributed by atoms with E-state index in [1.54, 1.807) is 0 Å². The summed E-state index contributed by atoms with van der Waals surface area (Å²) in [5.41, 5.74) is 2.41. The quantitative estimate of drug-likeness (QED) is 0.563. The molecule has 0 aliphatic rings. The van der Waals surface area contributed by atoms with Crippen LogP contribution in [0.15, 0.2) is 60.7 Å². The standard InChI is InChI=1S/C13H13N.C3H10Si.2C2H6/c1-14(12-8-4-2-5-9-12)13-10-6-3-7-11-13;1-4(2)3;2*1-2/h2-11H,1H3;4H,1-3H3;2*1-2H3. The Hall–Kier alpha value is -1.54. The number of hydrogen-bond acceptors (Lipinski definition) is 1. The van der Waals surface area contributed by atoms with Crippen LogP contribution in [0.4, 0.5) is 11.4 Å². The maximum Gasteiger partial charge on any atom is 0.0408 e. The number of hydrogen-bond donors (Lipinski definition) is 0. The first-order valence-corrected chi connectivity index (χ1v) is 11.9. The van der Waals surface area contributed by atoms with Crippen LogP contribution < -0.4 is 4.90 Å². The van der Waals surface area contributed by atoms with Gasteiger partial charge in [-0.25, -0.2) is 0 Å². The highest BCUT2D eigenvalue weighted by molar-refractivity contribution is 6.54. The first-order valence-electron chi connectivity index (χ1n) is 8.45.